The minimum Gasteiger partial charge on any atom is -0.366 e. The smallest absolute Gasteiger partial charge is 0.329 e. The Morgan fingerprint density at radius 3 is 2.82 bits per heavy atom. The number of hydrogen-bond acceptors (Lipinski definition) is 7. The lowest BCUT2D eigenvalue weighted by atomic mass is 10.1. The molecule has 0 saturated carbocycles. The van der Waals surface area contributed by atoms with E-state index in [9.17, 15) is 4.79 Å². The lowest BCUT2D eigenvalue weighted by Gasteiger charge is -2.35. The quantitative estimate of drug-likeness (QED) is 0.503. The van der Waals surface area contributed by atoms with Crippen LogP contribution >= 0.6 is 0 Å². The molecule has 0 spiro atoms. The number of fused-ring (bicyclic) bond motifs is 4. The molecule has 164 valence electrons. The standard InChI is InChI=1S/C23H21N9O/c1-14-10-15(4-7-24-14)18-2-3-19-22(28-18)32(17-6-9-31(19)12-17)23(33)29-20-11-16(5-8-25-20)21-26-13-27-30-21/h2-5,7-8,10-11,13,17H,6,9,12H2,1H3,(H,25,29,33)(H,26,27,30)/t17-/m0/s1. The predicted molar refractivity (Wildman–Crippen MR) is 124 cm³/mol. The van der Waals surface area contributed by atoms with Gasteiger partial charge >= 0.3 is 6.03 Å². The fourth-order valence-electron chi connectivity index (χ4n) is 4.50. The molecule has 0 aliphatic carbocycles. The van der Waals surface area contributed by atoms with E-state index in [2.05, 4.69) is 41.4 Å². The third-order valence-electron chi connectivity index (χ3n) is 6.05. The largest absolute Gasteiger partial charge is 0.366 e. The monoisotopic (exact) mass is 439 g/mol. The number of hydrogen-bond donors (Lipinski definition) is 2. The molecule has 2 aliphatic rings. The van der Waals surface area contributed by atoms with E-state index in [0.717, 1.165) is 47.7 Å². The zero-order chi connectivity index (χ0) is 22.4. The maximum Gasteiger partial charge on any atom is 0.329 e. The number of amides is 2. The lowest BCUT2D eigenvalue weighted by molar-refractivity contribution is 0.254. The minimum absolute atomic E-state index is 0.0527. The highest BCUT2D eigenvalue weighted by molar-refractivity contribution is 6.04. The van der Waals surface area contributed by atoms with E-state index < -0.39 is 0 Å². The Morgan fingerprint density at radius 1 is 1.09 bits per heavy atom. The Hall–Kier alpha value is -4.34. The summed E-state index contributed by atoms with van der Waals surface area (Å²) in [4.78, 5) is 35.2. The first-order chi connectivity index (χ1) is 16.2. The topological polar surface area (TPSA) is 116 Å². The number of carbonyl (C=O) groups excluding carboxylic acids is 1. The first-order valence-corrected chi connectivity index (χ1v) is 10.8. The molecule has 0 aromatic carbocycles. The molecule has 1 saturated heterocycles. The molecule has 2 bridgehead atoms. The van der Waals surface area contributed by atoms with Gasteiger partial charge in [0.2, 0.25) is 0 Å². The second kappa shape index (κ2) is 7.66. The van der Waals surface area contributed by atoms with Crippen molar-refractivity contribution in [1.82, 2.24) is 30.1 Å². The van der Waals surface area contributed by atoms with Crippen LogP contribution in [0.1, 0.15) is 12.1 Å². The maximum absolute atomic E-state index is 13.5. The molecule has 6 heterocycles. The number of aromatic amines is 1. The fourth-order valence-corrected chi connectivity index (χ4v) is 4.50. The molecule has 33 heavy (non-hydrogen) atoms. The van der Waals surface area contributed by atoms with E-state index in [0.29, 0.717) is 17.5 Å². The highest BCUT2D eigenvalue weighted by atomic mass is 16.2. The normalized spacial score (nSPS) is 16.6. The van der Waals surface area contributed by atoms with Crippen LogP contribution in [-0.2, 0) is 0 Å². The summed E-state index contributed by atoms with van der Waals surface area (Å²) in [5.41, 5.74) is 4.46. The van der Waals surface area contributed by atoms with Crippen LogP contribution in [0.5, 0.6) is 0 Å². The lowest BCUT2D eigenvalue weighted by Crippen LogP contribution is -2.48. The number of carbonyl (C=O) groups is 1. The molecule has 1 atom stereocenters. The van der Waals surface area contributed by atoms with Gasteiger partial charge in [0.15, 0.2) is 11.6 Å². The van der Waals surface area contributed by atoms with Gasteiger partial charge in [-0.2, -0.15) is 5.10 Å². The van der Waals surface area contributed by atoms with Crippen LogP contribution < -0.4 is 15.1 Å². The van der Waals surface area contributed by atoms with E-state index in [1.807, 2.05) is 31.2 Å². The minimum atomic E-state index is -0.249. The third kappa shape index (κ3) is 3.45. The number of H-pyrrole nitrogens is 1. The first kappa shape index (κ1) is 19.4. The van der Waals surface area contributed by atoms with E-state index >= 15 is 0 Å². The van der Waals surface area contributed by atoms with Gasteiger partial charge in [0.25, 0.3) is 0 Å². The average molecular weight is 439 g/mol. The number of nitrogens with zero attached hydrogens (tertiary/aromatic N) is 7. The summed E-state index contributed by atoms with van der Waals surface area (Å²) in [5, 5.41) is 9.66. The molecular weight excluding hydrogens is 418 g/mol. The summed E-state index contributed by atoms with van der Waals surface area (Å²) in [7, 11) is 0. The molecule has 6 rings (SSSR count). The Balaban J connectivity index is 1.34. The van der Waals surface area contributed by atoms with Gasteiger partial charge in [-0.3, -0.25) is 20.3 Å². The Kier molecular flexibility index (Phi) is 4.49. The number of anilines is 3. The van der Waals surface area contributed by atoms with E-state index in [-0.39, 0.29) is 12.1 Å². The predicted octanol–water partition coefficient (Wildman–Crippen LogP) is 3.26. The second-order valence-electron chi connectivity index (χ2n) is 8.18. The van der Waals surface area contributed by atoms with Crippen LogP contribution in [0.15, 0.2) is 55.1 Å². The molecule has 4 aromatic rings. The number of nitrogens with one attached hydrogen (secondary N) is 2. The first-order valence-electron chi connectivity index (χ1n) is 10.8. The van der Waals surface area contributed by atoms with E-state index in [1.165, 1.54) is 6.33 Å². The van der Waals surface area contributed by atoms with Gasteiger partial charge in [0.05, 0.1) is 17.4 Å². The van der Waals surface area contributed by atoms with Crippen molar-refractivity contribution in [1.29, 1.82) is 0 Å². The van der Waals surface area contributed by atoms with Crippen LogP contribution in [0, 0.1) is 6.92 Å². The number of aryl methyl sites for hydroxylation is 1. The molecule has 0 radical (unpaired) electrons. The maximum atomic E-state index is 13.5. The molecule has 10 nitrogen and oxygen atoms in total. The van der Waals surface area contributed by atoms with Crippen LogP contribution in [-0.4, -0.2) is 55.3 Å². The van der Waals surface area contributed by atoms with Crippen molar-refractivity contribution in [2.75, 3.05) is 28.2 Å². The van der Waals surface area contributed by atoms with Gasteiger partial charge in [-0.15, -0.1) is 0 Å². The molecule has 2 amide bonds. The van der Waals surface area contributed by atoms with Crippen LogP contribution in [0.4, 0.5) is 22.1 Å². The number of urea groups is 1. The van der Waals surface area contributed by atoms with Gasteiger partial charge in [0, 0.05) is 42.3 Å². The molecule has 0 unspecified atom stereocenters. The Labute approximate surface area is 189 Å². The van der Waals surface area contributed by atoms with Crippen molar-refractivity contribution >= 4 is 23.4 Å². The highest BCUT2D eigenvalue weighted by Gasteiger charge is 2.40. The average Bonchev–Trinajstić information content (AvgIpc) is 3.51. The summed E-state index contributed by atoms with van der Waals surface area (Å²) in [6.45, 7) is 3.64. The van der Waals surface area contributed by atoms with Crippen molar-refractivity contribution in [2.24, 2.45) is 0 Å². The van der Waals surface area contributed by atoms with Crippen molar-refractivity contribution in [2.45, 2.75) is 19.4 Å². The van der Waals surface area contributed by atoms with Crippen molar-refractivity contribution in [3.8, 4) is 22.6 Å². The third-order valence-corrected chi connectivity index (χ3v) is 6.05. The van der Waals surface area contributed by atoms with Crippen molar-refractivity contribution < 1.29 is 4.79 Å². The van der Waals surface area contributed by atoms with Crippen molar-refractivity contribution in [3.63, 3.8) is 0 Å². The summed E-state index contributed by atoms with van der Waals surface area (Å²) in [6, 6.07) is 11.4. The summed E-state index contributed by atoms with van der Waals surface area (Å²) >= 11 is 0. The van der Waals surface area contributed by atoms with Gasteiger partial charge in [-0.1, -0.05) is 0 Å². The SMILES string of the molecule is Cc1cc(-c2ccc3c(n2)N(C(=O)Nc2cc(-c4ncn[nH]4)ccn2)[C@H]2CCN3C2)ccn1. The highest BCUT2D eigenvalue weighted by Crippen LogP contribution is 2.40. The van der Waals surface area contributed by atoms with Gasteiger partial charge < -0.3 is 4.90 Å². The molecule has 2 N–H and O–H groups in total. The Bertz CT molecular complexity index is 1340. The van der Waals surface area contributed by atoms with Crippen LogP contribution in [0.25, 0.3) is 22.6 Å². The second-order valence-corrected chi connectivity index (χ2v) is 8.18. The van der Waals surface area contributed by atoms with Crippen LogP contribution in [0.2, 0.25) is 0 Å². The molecular formula is C23H21N9O. The summed E-state index contributed by atoms with van der Waals surface area (Å²) in [5.74, 6) is 1.72. The van der Waals surface area contributed by atoms with E-state index in [1.54, 1.807) is 23.4 Å². The molecule has 10 heteroatoms. The zero-order valence-corrected chi connectivity index (χ0v) is 17.9. The molecule has 1 fully saturated rings. The zero-order valence-electron chi connectivity index (χ0n) is 17.9. The molecule has 4 aromatic heterocycles. The van der Waals surface area contributed by atoms with E-state index in [4.69, 9.17) is 4.98 Å². The summed E-state index contributed by atoms with van der Waals surface area (Å²) < 4.78 is 0. The van der Waals surface area contributed by atoms with Gasteiger partial charge in [-0.05, 0) is 49.7 Å². The number of pyridine rings is 3. The van der Waals surface area contributed by atoms with Gasteiger partial charge in [0.1, 0.15) is 12.1 Å². The van der Waals surface area contributed by atoms with Gasteiger partial charge in [-0.25, -0.2) is 19.7 Å². The molecule has 2 aliphatic heterocycles. The fraction of sp³-hybridized carbons (Fsp3) is 0.217. The number of aromatic nitrogens is 6. The Morgan fingerprint density at radius 2 is 1.97 bits per heavy atom. The summed E-state index contributed by atoms with van der Waals surface area (Å²) in [6.07, 6.45) is 5.74. The van der Waals surface area contributed by atoms with Crippen LogP contribution in [0.3, 0.4) is 0 Å². The number of rotatable bonds is 3. The van der Waals surface area contributed by atoms with Crippen molar-refractivity contribution in [3.05, 3.63) is 60.8 Å².